The van der Waals surface area contributed by atoms with Crippen LogP contribution in [-0.4, -0.2) is 65.9 Å². The molecule has 1 N–H and O–H groups in total. The Morgan fingerprint density at radius 2 is 1.87 bits per heavy atom. The van der Waals surface area contributed by atoms with E-state index in [4.69, 9.17) is 0 Å². The van der Waals surface area contributed by atoms with Crippen LogP contribution in [0.1, 0.15) is 37.0 Å². The molecule has 0 saturated carbocycles. The van der Waals surface area contributed by atoms with Gasteiger partial charge in [-0.2, -0.15) is 0 Å². The molecular weight excluding hydrogens is 390 g/mol. The Morgan fingerprint density at radius 1 is 1.13 bits per heavy atom. The van der Waals surface area contributed by atoms with Gasteiger partial charge in [0.1, 0.15) is 0 Å². The molecule has 3 heterocycles. The molecule has 0 bridgehead atoms. The molecule has 2 aliphatic rings. The van der Waals surface area contributed by atoms with Gasteiger partial charge >= 0.3 is 0 Å². The molecule has 0 spiro atoms. The highest BCUT2D eigenvalue weighted by molar-refractivity contribution is 6.17. The zero-order valence-corrected chi connectivity index (χ0v) is 18.4. The number of likely N-dealkylation sites (tertiary alicyclic amines) is 1. The zero-order chi connectivity index (χ0) is 21.8. The SMILES string of the molecule is CCN(CC)CC1CCN(CC(=O)N2c3ccccc3C(=O)Nc3cccnc32)CC1. The van der Waals surface area contributed by atoms with Crippen molar-refractivity contribution in [1.82, 2.24) is 14.8 Å². The number of hydrogen-bond acceptors (Lipinski definition) is 5. The van der Waals surface area contributed by atoms with Crippen LogP contribution in [0.25, 0.3) is 0 Å². The molecule has 1 aromatic carbocycles. The Hall–Kier alpha value is -2.77. The molecule has 31 heavy (non-hydrogen) atoms. The third kappa shape index (κ3) is 4.62. The fourth-order valence-corrected chi connectivity index (χ4v) is 4.53. The number of hydrogen-bond donors (Lipinski definition) is 1. The fourth-order valence-electron chi connectivity index (χ4n) is 4.53. The third-order valence-electron chi connectivity index (χ3n) is 6.36. The maximum absolute atomic E-state index is 13.5. The Morgan fingerprint density at radius 3 is 2.61 bits per heavy atom. The maximum atomic E-state index is 13.5. The van der Waals surface area contributed by atoms with Crippen LogP contribution < -0.4 is 10.2 Å². The predicted molar refractivity (Wildman–Crippen MR) is 123 cm³/mol. The lowest BCUT2D eigenvalue weighted by Gasteiger charge is -2.35. The predicted octanol–water partition coefficient (Wildman–Crippen LogP) is 3.37. The molecule has 0 radical (unpaired) electrons. The second-order valence-corrected chi connectivity index (χ2v) is 8.28. The molecule has 2 amide bonds. The van der Waals surface area contributed by atoms with Gasteiger partial charge in [0.15, 0.2) is 5.82 Å². The number of para-hydroxylation sites is 1. The lowest BCUT2D eigenvalue weighted by Crippen LogP contribution is -2.44. The molecule has 7 nitrogen and oxygen atoms in total. The summed E-state index contributed by atoms with van der Waals surface area (Å²) in [5.41, 5.74) is 1.61. The van der Waals surface area contributed by atoms with Gasteiger partial charge in [-0.3, -0.25) is 19.4 Å². The quantitative estimate of drug-likeness (QED) is 0.775. The molecule has 2 aliphatic heterocycles. The van der Waals surface area contributed by atoms with Crippen molar-refractivity contribution in [2.24, 2.45) is 5.92 Å². The standard InChI is InChI=1S/C24H31N5O2/c1-3-27(4-2)16-18-11-14-28(15-12-18)17-22(30)29-21-10-6-5-8-19(21)24(31)26-20-9-7-13-25-23(20)29/h5-10,13,18H,3-4,11-12,14-17H2,1-2H3,(H,26,31). The first-order valence-electron chi connectivity index (χ1n) is 11.2. The van der Waals surface area contributed by atoms with Crippen molar-refractivity contribution in [2.45, 2.75) is 26.7 Å². The van der Waals surface area contributed by atoms with Crippen molar-refractivity contribution in [3.63, 3.8) is 0 Å². The zero-order valence-electron chi connectivity index (χ0n) is 18.4. The first-order valence-corrected chi connectivity index (χ1v) is 11.2. The van der Waals surface area contributed by atoms with Gasteiger partial charge in [0.25, 0.3) is 5.91 Å². The van der Waals surface area contributed by atoms with Crippen LogP contribution >= 0.6 is 0 Å². The number of aromatic nitrogens is 1. The van der Waals surface area contributed by atoms with Gasteiger partial charge in [-0.15, -0.1) is 0 Å². The second kappa shape index (κ2) is 9.58. The molecule has 4 rings (SSSR count). The summed E-state index contributed by atoms with van der Waals surface area (Å²) in [7, 11) is 0. The average Bonchev–Trinajstić information content (AvgIpc) is 2.92. The summed E-state index contributed by atoms with van der Waals surface area (Å²) in [4.78, 5) is 37.0. The Labute approximate surface area is 184 Å². The summed E-state index contributed by atoms with van der Waals surface area (Å²) in [6.07, 6.45) is 3.86. The van der Waals surface area contributed by atoms with Gasteiger partial charge in [-0.05, 0) is 69.2 Å². The highest BCUT2D eigenvalue weighted by Gasteiger charge is 2.31. The lowest BCUT2D eigenvalue weighted by atomic mass is 9.96. The van der Waals surface area contributed by atoms with Crippen molar-refractivity contribution >= 4 is 29.0 Å². The number of carbonyl (C=O) groups excluding carboxylic acids is 2. The Kier molecular flexibility index (Phi) is 6.63. The van der Waals surface area contributed by atoms with E-state index in [0.717, 1.165) is 45.6 Å². The van der Waals surface area contributed by atoms with E-state index in [1.807, 2.05) is 18.2 Å². The molecule has 1 aromatic heterocycles. The number of nitrogens with one attached hydrogen (secondary N) is 1. The largest absolute Gasteiger partial charge is 0.319 e. The van der Waals surface area contributed by atoms with Crippen molar-refractivity contribution in [3.05, 3.63) is 48.2 Å². The summed E-state index contributed by atoms with van der Waals surface area (Å²) in [5.74, 6) is 0.875. The van der Waals surface area contributed by atoms with Crippen molar-refractivity contribution in [1.29, 1.82) is 0 Å². The highest BCUT2D eigenvalue weighted by atomic mass is 16.2. The van der Waals surface area contributed by atoms with Crippen molar-refractivity contribution < 1.29 is 9.59 Å². The van der Waals surface area contributed by atoms with Crippen LogP contribution in [0.3, 0.4) is 0 Å². The van der Waals surface area contributed by atoms with Crippen molar-refractivity contribution in [2.75, 3.05) is 49.5 Å². The number of carbonyl (C=O) groups is 2. The number of nitrogens with zero attached hydrogens (tertiary/aromatic N) is 4. The van der Waals surface area contributed by atoms with E-state index in [9.17, 15) is 9.59 Å². The second-order valence-electron chi connectivity index (χ2n) is 8.28. The number of rotatable bonds is 6. The number of fused-ring (bicyclic) bond motifs is 2. The van der Waals surface area contributed by atoms with E-state index < -0.39 is 0 Å². The minimum absolute atomic E-state index is 0.0638. The van der Waals surface area contributed by atoms with E-state index in [2.05, 4.69) is 33.9 Å². The first-order chi connectivity index (χ1) is 15.1. The lowest BCUT2D eigenvalue weighted by molar-refractivity contribution is -0.119. The Balaban J connectivity index is 1.50. The molecule has 0 atom stereocenters. The van der Waals surface area contributed by atoms with Gasteiger partial charge in [0, 0.05) is 12.7 Å². The van der Waals surface area contributed by atoms with E-state index in [1.54, 1.807) is 29.3 Å². The van der Waals surface area contributed by atoms with Gasteiger partial charge < -0.3 is 10.2 Å². The van der Waals surface area contributed by atoms with E-state index >= 15 is 0 Å². The van der Waals surface area contributed by atoms with E-state index in [1.165, 1.54) is 0 Å². The first kappa shape index (κ1) is 21.5. The normalized spacial score (nSPS) is 17.1. The molecule has 1 saturated heterocycles. The van der Waals surface area contributed by atoms with Gasteiger partial charge in [0.2, 0.25) is 5.91 Å². The fraction of sp³-hybridized carbons (Fsp3) is 0.458. The summed E-state index contributed by atoms with van der Waals surface area (Å²) in [6.45, 7) is 9.88. The van der Waals surface area contributed by atoms with Crippen LogP contribution in [-0.2, 0) is 4.79 Å². The number of amides is 2. The molecule has 7 heteroatoms. The number of piperidine rings is 1. The molecule has 0 aliphatic carbocycles. The highest BCUT2D eigenvalue weighted by Crippen LogP contribution is 2.36. The van der Waals surface area contributed by atoms with E-state index in [0.29, 0.717) is 35.2 Å². The number of anilines is 3. The minimum atomic E-state index is -0.225. The van der Waals surface area contributed by atoms with Crippen LogP contribution in [0.15, 0.2) is 42.6 Å². The summed E-state index contributed by atoms with van der Waals surface area (Å²) >= 11 is 0. The van der Waals surface area contributed by atoms with Crippen LogP contribution in [0, 0.1) is 5.92 Å². The number of benzene rings is 1. The smallest absolute Gasteiger partial charge is 0.257 e. The van der Waals surface area contributed by atoms with Crippen LogP contribution in [0.5, 0.6) is 0 Å². The summed E-state index contributed by atoms with van der Waals surface area (Å²) in [5, 5.41) is 2.89. The summed E-state index contributed by atoms with van der Waals surface area (Å²) in [6, 6.07) is 10.8. The van der Waals surface area contributed by atoms with Gasteiger partial charge in [-0.25, -0.2) is 4.98 Å². The average molecular weight is 422 g/mol. The molecule has 2 aromatic rings. The Bertz CT molecular complexity index is 935. The summed E-state index contributed by atoms with van der Waals surface area (Å²) < 4.78 is 0. The monoisotopic (exact) mass is 421 g/mol. The maximum Gasteiger partial charge on any atom is 0.257 e. The van der Waals surface area contributed by atoms with E-state index in [-0.39, 0.29) is 11.8 Å². The van der Waals surface area contributed by atoms with Gasteiger partial charge in [0.05, 0.1) is 23.5 Å². The van der Waals surface area contributed by atoms with Crippen LogP contribution in [0.4, 0.5) is 17.2 Å². The molecule has 1 fully saturated rings. The topological polar surface area (TPSA) is 68.8 Å². The molecular formula is C24H31N5O2. The van der Waals surface area contributed by atoms with Crippen molar-refractivity contribution in [3.8, 4) is 0 Å². The molecule has 164 valence electrons. The van der Waals surface area contributed by atoms with Gasteiger partial charge in [-0.1, -0.05) is 26.0 Å². The minimum Gasteiger partial charge on any atom is -0.319 e. The molecule has 0 unspecified atom stereocenters. The van der Waals surface area contributed by atoms with Crippen LogP contribution in [0.2, 0.25) is 0 Å². The number of pyridine rings is 1. The third-order valence-corrected chi connectivity index (χ3v) is 6.36.